The Morgan fingerprint density at radius 1 is 0.815 bits per heavy atom. The van der Waals surface area contributed by atoms with Crippen molar-refractivity contribution in [1.29, 1.82) is 0 Å². The first-order valence-corrected chi connectivity index (χ1v) is 10.2. The van der Waals surface area contributed by atoms with Crippen molar-refractivity contribution in [2.45, 2.75) is 37.6 Å². The van der Waals surface area contributed by atoms with Crippen LogP contribution in [0.2, 0.25) is 0 Å². The smallest absolute Gasteiger partial charge is 0.234 e. The zero-order valence-corrected chi connectivity index (χ0v) is 15.6. The quantitative estimate of drug-likeness (QED) is 0.809. The molecule has 2 heterocycles. The van der Waals surface area contributed by atoms with E-state index in [9.17, 15) is 4.79 Å². The van der Waals surface area contributed by atoms with Crippen molar-refractivity contribution < 1.29 is 9.53 Å². The van der Waals surface area contributed by atoms with Gasteiger partial charge in [-0.3, -0.25) is 9.69 Å². The summed E-state index contributed by atoms with van der Waals surface area (Å²) < 4.78 is 6.05. The fraction of sp³-hybridized carbons (Fsp3) is 0.435. The summed E-state index contributed by atoms with van der Waals surface area (Å²) in [5, 5.41) is 0. The Balaban J connectivity index is 1.39. The van der Waals surface area contributed by atoms with Gasteiger partial charge in [0.05, 0.1) is 5.92 Å². The summed E-state index contributed by atoms with van der Waals surface area (Å²) in [6.07, 6.45) is 5.38. The second kappa shape index (κ2) is 7.01. The van der Waals surface area contributed by atoms with E-state index in [1.54, 1.807) is 0 Å². The van der Waals surface area contributed by atoms with E-state index in [1.807, 2.05) is 48.5 Å². The molecule has 0 bridgehead atoms. The van der Waals surface area contributed by atoms with E-state index in [2.05, 4.69) is 9.80 Å². The van der Waals surface area contributed by atoms with E-state index in [-0.39, 0.29) is 11.8 Å². The maximum absolute atomic E-state index is 13.6. The van der Waals surface area contributed by atoms with Gasteiger partial charge in [-0.15, -0.1) is 0 Å². The number of hydrogen-bond donors (Lipinski definition) is 0. The molecule has 0 atom stereocenters. The Morgan fingerprint density at radius 2 is 1.37 bits per heavy atom. The number of fused-ring (bicyclic) bond motifs is 2. The van der Waals surface area contributed by atoms with Crippen LogP contribution >= 0.6 is 0 Å². The van der Waals surface area contributed by atoms with E-state index in [0.717, 1.165) is 54.8 Å². The van der Waals surface area contributed by atoms with Crippen LogP contribution in [0.5, 0.6) is 11.5 Å². The van der Waals surface area contributed by atoms with Crippen molar-refractivity contribution in [3.8, 4) is 11.5 Å². The number of hydrogen-bond acceptors (Lipinski definition) is 3. The summed E-state index contributed by atoms with van der Waals surface area (Å²) in [5.74, 6) is 1.56. The maximum atomic E-state index is 13.6. The number of piperazine rings is 1. The van der Waals surface area contributed by atoms with E-state index in [0.29, 0.717) is 0 Å². The minimum Gasteiger partial charge on any atom is -0.457 e. The fourth-order valence-corrected chi connectivity index (χ4v) is 4.94. The van der Waals surface area contributed by atoms with Crippen LogP contribution in [0.1, 0.15) is 42.7 Å². The van der Waals surface area contributed by atoms with Crippen molar-refractivity contribution in [1.82, 2.24) is 9.80 Å². The lowest BCUT2D eigenvalue weighted by atomic mass is 9.86. The van der Waals surface area contributed by atoms with Crippen molar-refractivity contribution >= 4 is 5.91 Å². The van der Waals surface area contributed by atoms with Crippen LogP contribution in [0.3, 0.4) is 0 Å². The molecule has 1 saturated heterocycles. The molecule has 0 radical (unpaired) electrons. The second-order valence-corrected chi connectivity index (χ2v) is 7.91. The molecule has 1 amide bonds. The van der Waals surface area contributed by atoms with Gasteiger partial charge >= 0.3 is 0 Å². The molecule has 5 rings (SSSR count). The lowest BCUT2D eigenvalue weighted by molar-refractivity contribution is -0.134. The number of carbonyl (C=O) groups excluding carboxylic acids is 1. The molecule has 140 valence electrons. The van der Waals surface area contributed by atoms with Crippen LogP contribution in [0.15, 0.2) is 48.5 Å². The summed E-state index contributed by atoms with van der Waals surface area (Å²) in [5.41, 5.74) is 1.97. The molecule has 2 aromatic rings. The van der Waals surface area contributed by atoms with Crippen LogP contribution in [0, 0.1) is 0 Å². The first-order chi connectivity index (χ1) is 13.3. The molecule has 1 saturated carbocycles. The van der Waals surface area contributed by atoms with Gasteiger partial charge in [0, 0.05) is 43.3 Å². The zero-order valence-electron chi connectivity index (χ0n) is 15.6. The lowest BCUT2D eigenvalue weighted by Gasteiger charge is -2.40. The Labute approximate surface area is 160 Å². The summed E-state index contributed by atoms with van der Waals surface area (Å²) >= 11 is 0. The number of nitrogens with zero attached hydrogens (tertiary/aromatic N) is 2. The van der Waals surface area contributed by atoms with E-state index in [4.69, 9.17) is 4.74 Å². The molecule has 0 aromatic heterocycles. The van der Waals surface area contributed by atoms with Gasteiger partial charge < -0.3 is 9.64 Å². The van der Waals surface area contributed by atoms with Gasteiger partial charge in [-0.05, 0) is 25.0 Å². The Hall–Kier alpha value is -2.33. The zero-order chi connectivity index (χ0) is 18.2. The van der Waals surface area contributed by atoms with Crippen molar-refractivity contribution in [2.75, 3.05) is 26.2 Å². The number of benzene rings is 2. The van der Waals surface area contributed by atoms with E-state index < -0.39 is 0 Å². The monoisotopic (exact) mass is 362 g/mol. The van der Waals surface area contributed by atoms with Crippen molar-refractivity contribution in [3.05, 3.63) is 59.7 Å². The van der Waals surface area contributed by atoms with Gasteiger partial charge in [-0.1, -0.05) is 49.2 Å². The highest BCUT2D eigenvalue weighted by atomic mass is 16.5. The van der Waals surface area contributed by atoms with Gasteiger partial charge in [-0.2, -0.15) is 0 Å². The van der Waals surface area contributed by atoms with Crippen LogP contribution in [-0.2, 0) is 4.79 Å². The minimum atomic E-state index is -0.260. The van der Waals surface area contributed by atoms with Crippen molar-refractivity contribution in [3.63, 3.8) is 0 Å². The van der Waals surface area contributed by atoms with Crippen molar-refractivity contribution in [2.24, 2.45) is 0 Å². The molecule has 2 fully saturated rings. The van der Waals surface area contributed by atoms with Gasteiger partial charge in [-0.25, -0.2) is 0 Å². The number of ether oxygens (including phenoxy) is 1. The highest BCUT2D eigenvalue weighted by Crippen LogP contribution is 2.44. The van der Waals surface area contributed by atoms with E-state index >= 15 is 0 Å². The Kier molecular flexibility index (Phi) is 4.36. The fourth-order valence-electron chi connectivity index (χ4n) is 4.94. The summed E-state index contributed by atoms with van der Waals surface area (Å²) in [6, 6.07) is 16.6. The normalized spacial score (nSPS) is 20.8. The third-order valence-electron chi connectivity index (χ3n) is 6.39. The van der Waals surface area contributed by atoms with Gasteiger partial charge in [0.15, 0.2) is 0 Å². The number of rotatable bonds is 2. The van der Waals surface area contributed by atoms with Crippen LogP contribution in [0.25, 0.3) is 0 Å². The largest absolute Gasteiger partial charge is 0.457 e. The highest BCUT2D eigenvalue weighted by molar-refractivity contribution is 5.89. The molecule has 4 heteroatoms. The standard InChI is InChI=1S/C23H26N2O2/c26-23(25-15-13-24(14-16-25)17-7-1-2-8-17)22-18-9-3-5-11-20(18)27-21-12-6-4-10-19(21)22/h3-6,9-12,17,22H,1-2,7-8,13-16H2. The summed E-state index contributed by atoms with van der Waals surface area (Å²) in [7, 11) is 0. The van der Waals surface area contributed by atoms with Gasteiger partial charge in [0.2, 0.25) is 5.91 Å². The molecule has 0 N–H and O–H groups in total. The Morgan fingerprint density at radius 3 is 1.96 bits per heavy atom. The van der Waals surface area contributed by atoms with Crippen LogP contribution in [0.4, 0.5) is 0 Å². The molecule has 1 aliphatic carbocycles. The number of carbonyl (C=O) groups is 1. The first kappa shape index (κ1) is 16.8. The molecule has 2 aromatic carbocycles. The molecule has 4 nitrogen and oxygen atoms in total. The first-order valence-electron chi connectivity index (χ1n) is 10.2. The minimum absolute atomic E-state index is 0.212. The molecular weight excluding hydrogens is 336 g/mol. The van der Waals surface area contributed by atoms with E-state index in [1.165, 1.54) is 25.7 Å². The topological polar surface area (TPSA) is 32.8 Å². The van der Waals surface area contributed by atoms with Crippen LogP contribution < -0.4 is 4.74 Å². The number of para-hydroxylation sites is 2. The molecule has 0 spiro atoms. The predicted octanol–water partition coefficient (Wildman–Crippen LogP) is 4.01. The predicted molar refractivity (Wildman–Crippen MR) is 105 cm³/mol. The summed E-state index contributed by atoms with van der Waals surface area (Å²) in [6.45, 7) is 3.67. The third kappa shape index (κ3) is 3.02. The van der Waals surface area contributed by atoms with Gasteiger partial charge in [0.25, 0.3) is 0 Å². The average molecular weight is 362 g/mol. The second-order valence-electron chi connectivity index (χ2n) is 7.91. The van der Waals surface area contributed by atoms with Gasteiger partial charge in [0.1, 0.15) is 11.5 Å². The summed E-state index contributed by atoms with van der Waals surface area (Å²) in [4.78, 5) is 18.2. The molecule has 3 aliphatic rings. The van der Waals surface area contributed by atoms with Crippen LogP contribution in [-0.4, -0.2) is 47.9 Å². The number of amides is 1. The average Bonchev–Trinajstić information content (AvgIpc) is 3.26. The molecule has 2 aliphatic heterocycles. The highest BCUT2D eigenvalue weighted by Gasteiger charge is 2.36. The molecule has 0 unspecified atom stereocenters. The SMILES string of the molecule is O=C(C1c2ccccc2Oc2ccccc21)N1CCN(C2CCCC2)CC1. The lowest BCUT2D eigenvalue weighted by Crippen LogP contribution is -2.52. The maximum Gasteiger partial charge on any atom is 0.234 e. The molecule has 27 heavy (non-hydrogen) atoms. The third-order valence-corrected chi connectivity index (χ3v) is 6.39. The Bertz CT molecular complexity index is 790. The molecular formula is C23H26N2O2.